The Morgan fingerprint density at radius 2 is 2.00 bits per heavy atom. The van der Waals surface area contributed by atoms with E-state index in [0.717, 1.165) is 23.9 Å². The maximum Gasteiger partial charge on any atom is 0.307 e. The SMILES string of the molecule is COC(=O)CCn1cc(Cc2cccnc2)c2c(CCNC(=O)CC(C)C)cccc21. The van der Waals surface area contributed by atoms with Crippen LogP contribution in [0.3, 0.4) is 0 Å². The van der Waals surface area contributed by atoms with Crippen molar-refractivity contribution in [3.05, 3.63) is 65.6 Å². The molecule has 6 nitrogen and oxygen atoms in total. The Morgan fingerprint density at radius 1 is 1.16 bits per heavy atom. The van der Waals surface area contributed by atoms with E-state index in [0.29, 0.717) is 31.8 Å². The molecule has 0 unspecified atom stereocenters. The highest BCUT2D eigenvalue weighted by molar-refractivity contribution is 5.88. The fourth-order valence-electron chi connectivity index (χ4n) is 3.86. The predicted molar refractivity (Wildman–Crippen MR) is 122 cm³/mol. The van der Waals surface area contributed by atoms with Gasteiger partial charge in [0.05, 0.1) is 13.5 Å². The van der Waals surface area contributed by atoms with E-state index >= 15 is 0 Å². The Labute approximate surface area is 183 Å². The van der Waals surface area contributed by atoms with Crippen LogP contribution in [0.4, 0.5) is 0 Å². The average molecular weight is 422 g/mol. The molecule has 1 N–H and O–H groups in total. The molecule has 0 atom stereocenters. The third-order valence-corrected chi connectivity index (χ3v) is 5.28. The number of hydrogen-bond donors (Lipinski definition) is 1. The van der Waals surface area contributed by atoms with E-state index in [1.165, 1.54) is 23.6 Å². The Bertz CT molecular complexity index is 1030. The Hall–Kier alpha value is -3.15. The van der Waals surface area contributed by atoms with E-state index in [1.54, 1.807) is 6.20 Å². The molecule has 0 bridgehead atoms. The minimum absolute atomic E-state index is 0.0911. The number of ether oxygens (including phenoxy) is 1. The lowest BCUT2D eigenvalue weighted by Gasteiger charge is -2.10. The van der Waals surface area contributed by atoms with Gasteiger partial charge >= 0.3 is 5.97 Å². The number of fused-ring (bicyclic) bond motifs is 1. The summed E-state index contributed by atoms with van der Waals surface area (Å²) in [6, 6.07) is 10.3. The standard InChI is InChI=1S/C25H31N3O3/c1-18(2)14-23(29)27-12-9-20-7-4-8-22-25(20)21(15-19-6-5-11-26-16-19)17-28(22)13-10-24(30)31-3/h4-8,11,16-18H,9-10,12-15H2,1-3H3,(H,27,29). The minimum Gasteiger partial charge on any atom is -0.469 e. The van der Waals surface area contributed by atoms with Gasteiger partial charge in [0, 0.05) is 55.4 Å². The van der Waals surface area contributed by atoms with Crippen molar-refractivity contribution in [2.75, 3.05) is 13.7 Å². The number of nitrogens with one attached hydrogen (secondary N) is 1. The van der Waals surface area contributed by atoms with Crippen molar-refractivity contribution in [1.82, 2.24) is 14.9 Å². The highest BCUT2D eigenvalue weighted by Gasteiger charge is 2.14. The van der Waals surface area contributed by atoms with Crippen LogP contribution in [0.25, 0.3) is 10.9 Å². The van der Waals surface area contributed by atoms with E-state index in [1.807, 2.05) is 32.2 Å². The van der Waals surface area contributed by atoms with Crippen LogP contribution in [0.1, 0.15) is 43.4 Å². The van der Waals surface area contributed by atoms with Crippen LogP contribution in [0.5, 0.6) is 0 Å². The molecule has 2 aromatic heterocycles. The third-order valence-electron chi connectivity index (χ3n) is 5.28. The summed E-state index contributed by atoms with van der Waals surface area (Å²) in [5, 5.41) is 4.22. The number of carbonyl (C=O) groups is 2. The van der Waals surface area contributed by atoms with Gasteiger partial charge in [-0.2, -0.15) is 0 Å². The average Bonchev–Trinajstić information content (AvgIpc) is 3.10. The molecule has 0 radical (unpaired) electrons. The summed E-state index contributed by atoms with van der Waals surface area (Å²) in [5.74, 6) is 0.214. The molecular formula is C25H31N3O3. The number of esters is 1. The Balaban J connectivity index is 1.87. The molecule has 0 aliphatic carbocycles. The second kappa shape index (κ2) is 10.8. The molecule has 0 saturated carbocycles. The van der Waals surface area contributed by atoms with Gasteiger partial charge < -0.3 is 14.6 Å². The molecule has 1 amide bonds. The number of nitrogens with zero attached hydrogens (tertiary/aromatic N) is 2. The van der Waals surface area contributed by atoms with Crippen molar-refractivity contribution < 1.29 is 14.3 Å². The number of aromatic nitrogens is 2. The van der Waals surface area contributed by atoms with Gasteiger partial charge in [0.1, 0.15) is 0 Å². The molecule has 164 valence electrons. The molecule has 0 spiro atoms. The summed E-state index contributed by atoms with van der Waals surface area (Å²) in [6.07, 6.45) is 8.15. The van der Waals surface area contributed by atoms with E-state index in [2.05, 4.69) is 39.3 Å². The third kappa shape index (κ3) is 6.17. The first-order chi connectivity index (χ1) is 15.0. The zero-order chi connectivity index (χ0) is 22.2. The van der Waals surface area contributed by atoms with Crippen molar-refractivity contribution >= 4 is 22.8 Å². The van der Waals surface area contributed by atoms with Crippen LogP contribution in [0, 0.1) is 5.92 Å². The molecule has 0 aliphatic heterocycles. The fraction of sp³-hybridized carbons (Fsp3) is 0.400. The molecule has 0 saturated heterocycles. The van der Waals surface area contributed by atoms with Gasteiger partial charge in [0.25, 0.3) is 0 Å². The lowest BCUT2D eigenvalue weighted by Crippen LogP contribution is -2.26. The number of amides is 1. The maximum atomic E-state index is 12.0. The van der Waals surface area contributed by atoms with Gasteiger partial charge in [-0.3, -0.25) is 14.6 Å². The van der Waals surface area contributed by atoms with Crippen molar-refractivity contribution in [2.45, 2.75) is 46.1 Å². The van der Waals surface area contributed by atoms with Gasteiger partial charge in [-0.1, -0.05) is 32.0 Å². The van der Waals surface area contributed by atoms with Crippen molar-refractivity contribution in [3.63, 3.8) is 0 Å². The molecular weight excluding hydrogens is 390 g/mol. The minimum atomic E-state index is -0.223. The summed E-state index contributed by atoms with van der Waals surface area (Å²) in [6.45, 7) is 5.25. The van der Waals surface area contributed by atoms with Crippen LogP contribution in [0.15, 0.2) is 48.9 Å². The molecule has 6 heteroatoms. The van der Waals surface area contributed by atoms with Gasteiger partial charge in [0.15, 0.2) is 0 Å². The van der Waals surface area contributed by atoms with Gasteiger partial charge in [-0.15, -0.1) is 0 Å². The normalized spacial score (nSPS) is 11.1. The molecule has 1 aromatic carbocycles. The quantitative estimate of drug-likeness (QED) is 0.504. The zero-order valence-corrected chi connectivity index (χ0v) is 18.6. The first-order valence-corrected chi connectivity index (χ1v) is 10.8. The lowest BCUT2D eigenvalue weighted by molar-refractivity contribution is -0.140. The summed E-state index contributed by atoms with van der Waals surface area (Å²) in [4.78, 5) is 28.0. The monoisotopic (exact) mass is 421 g/mol. The Morgan fingerprint density at radius 3 is 2.71 bits per heavy atom. The number of benzene rings is 1. The number of hydrogen-bond acceptors (Lipinski definition) is 4. The molecule has 3 aromatic rings. The lowest BCUT2D eigenvalue weighted by atomic mass is 9.99. The summed E-state index contributed by atoms with van der Waals surface area (Å²) in [7, 11) is 1.41. The fourth-order valence-corrected chi connectivity index (χ4v) is 3.86. The van der Waals surface area contributed by atoms with Gasteiger partial charge in [-0.25, -0.2) is 0 Å². The van der Waals surface area contributed by atoms with E-state index in [-0.39, 0.29) is 11.9 Å². The van der Waals surface area contributed by atoms with Crippen molar-refractivity contribution in [3.8, 4) is 0 Å². The highest BCUT2D eigenvalue weighted by Crippen LogP contribution is 2.28. The van der Waals surface area contributed by atoms with E-state index < -0.39 is 0 Å². The predicted octanol–water partition coefficient (Wildman–Crippen LogP) is 3.90. The Kier molecular flexibility index (Phi) is 7.82. The molecule has 0 fully saturated rings. The van der Waals surface area contributed by atoms with Crippen LogP contribution >= 0.6 is 0 Å². The summed E-state index contributed by atoms with van der Waals surface area (Å²) < 4.78 is 6.94. The topological polar surface area (TPSA) is 73.2 Å². The summed E-state index contributed by atoms with van der Waals surface area (Å²) in [5.41, 5.74) is 4.61. The van der Waals surface area contributed by atoms with Crippen LogP contribution in [0.2, 0.25) is 0 Å². The van der Waals surface area contributed by atoms with Gasteiger partial charge in [0.2, 0.25) is 5.91 Å². The summed E-state index contributed by atoms with van der Waals surface area (Å²) >= 11 is 0. The molecule has 31 heavy (non-hydrogen) atoms. The van der Waals surface area contributed by atoms with Crippen molar-refractivity contribution in [2.24, 2.45) is 5.92 Å². The smallest absolute Gasteiger partial charge is 0.307 e. The van der Waals surface area contributed by atoms with Crippen LogP contribution < -0.4 is 5.32 Å². The molecule has 3 rings (SSSR count). The zero-order valence-electron chi connectivity index (χ0n) is 18.6. The number of methoxy groups -OCH3 is 1. The first kappa shape index (κ1) is 22.5. The largest absolute Gasteiger partial charge is 0.469 e. The number of rotatable bonds is 10. The van der Waals surface area contributed by atoms with Crippen LogP contribution in [-0.4, -0.2) is 35.1 Å². The molecule has 2 heterocycles. The maximum absolute atomic E-state index is 12.0. The number of aryl methyl sites for hydroxylation is 1. The van der Waals surface area contributed by atoms with Gasteiger partial charge in [-0.05, 0) is 41.2 Å². The van der Waals surface area contributed by atoms with E-state index in [9.17, 15) is 9.59 Å². The second-order valence-corrected chi connectivity index (χ2v) is 8.22. The number of pyridine rings is 1. The van der Waals surface area contributed by atoms with Crippen molar-refractivity contribution in [1.29, 1.82) is 0 Å². The first-order valence-electron chi connectivity index (χ1n) is 10.8. The number of carbonyl (C=O) groups excluding carboxylic acids is 2. The van der Waals surface area contributed by atoms with E-state index in [4.69, 9.17) is 4.74 Å². The second-order valence-electron chi connectivity index (χ2n) is 8.22. The van der Waals surface area contributed by atoms with Crippen LogP contribution in [-0.2, 0) is 33.7 Å². The molecule has 0 aliphatic rings. The highest BCUT2D eigenvalue weighted by atomic mass is 16.5.